The van der Waals surface area contributed by atoms with Crippen LogP contribution < -0.4 is 0 Å². The molecule has 0 aromatic carbocycles. The molecule has 0 saturated heterocycles. The molecule has 17 nitrogen and oxygen atoms in total. The van der Waals surface area contributed by atoms with E-state index in [0.29, 0.717) is 31.6 Å². The van der Waals surface area contributed by atoms with Gasteiger partial charge in [-0.15, -0.1) is 0 Å². The molecule has 0 heterocycles. The summed E-state index contributed by atoms with van der Waals surface area (Å²) < 4.78 is 68.4. The van der Waals surface area contributed by atoms with Gasteiger partial charge >= 0.3 is 39.5 Å². The normalized spacial score (nSPS) is 14.3. The number of aliphatic hydroxyl groups excluding tert-OH is 1. The number of carbonyl (C=O) groups excluding carboxylic acids is 4. The Morgan fingerprint density at radius 3 is 0.862 bits per heavy atom. The Morgan fingerprint density at radius 1 is 0.330 bits per heavy atom. The summed E-state index contributed by atoms with van der Waals surface area (Å²) in [5.41, 5.74) is 0. The van der Waals surface area contributed by atoms with Crippen molar-refractivity contribution in [2.75, 3.05) is 39.6 Å². The molecular weight excluding hydrogens is 1230 g/mol. The molecular formula is C75H142O17P2. The largest absolute Gasteiger partial charge is 0.472 e. The highest BCUT2D eigenvalue weighted by Gasteiger charge is 2.30. The van der Waals surface area contributed by atoms with Crippen molar-refractivity contribution in [2.45, 2.75) is 375 Å². The van der Waals surface area contributed by atoms with Gasteiger partial charge in [0.15, 0.2) is 12.2 Å². The van der Waals surface area contributed by atoms with E-state index in [4.69, 9.17) is 37.0 Å². The van der Waals surface area contributed by atoms with Crippen molar-refractivity contribution >= 4 is 39.5 Å². The van der Waals surface area contributed by atoms with E-state index in [0.717, 1.165) is 121 Å². The van der Waals surface area contributed by atoms with Crippen LogP contribution in [0.3, 0.4) is 0 Å². The number of phosphoric acid groups is 2. The number of carbonyl (C=O) groups is 4. The summed E-state index contributed by atoms with van der Waals surface area (Å²) in [5, 5.41) is 10.6. The topological polar surface area (TPSA) is 237 Å². The lowest BCUT2D eigenvalue weighted by Gasteiger charge is -2.21. The van der Waals surface area contributed by atoms with Crippen molar-refractivity contribution in [3.8, 4) is 0 Å². The highest BCUT2D eigenvalue weighted by molar-refractivity contribution is 7.47. The van der Waals surface area contributed by atoms with Gasteiger partial charge in [-0.25, -0.2) is 9.13 Å². The summed E-state index contributed by atoms with van der Waals surface area (Å²) in [4.78, 5) is 72.7. The van der Waals surface area contributed by atoms with Crippen LogP contribution in [0.15, 0.2) is 24.3 Å². The van der Waals surface area contributed by atoms with Crippen LogP contribution in [0.5, 0.6) is 0 Å². The fraction of sp³-hybridized carbons (Fsp3) is 0.893. The van der Waals surface area contributed by atoms with E-state index in [1.54, 1.807) is 0 Å². The number of hydrogen-bond acceptors (Lipinski definition) is 15. The number of aliphatic hydroxyl groups is 1. The molecule has 19 heteroatoms. The minimum atomic E-state index is -4.96. The number of hydrogen-bond donors (Lipinski definition) is 3. The fourth-order valence-electron chi connectivity index (χ4n) is 10.9. The number of ether oxygens (including phenoxy) is 4. The maximum Gasteiger partial charge on any atom is 0.472 e. The Kier molecular flexibility index (Phi) is 63.5. The van der Waals surface area contributed by atoms with Crippen LogP contribution in [0, 0.1) is 17.8 Å². The van der Waals surface area contributed by atoms with Crippen molar-refractivity contribution in [3.05, 3.63) is 24.3 Å². The van der Waals surface area contributed by atoms with Gasteiger partial charge in [-0.05, 0) is 69.1 Å². The molecule has 554 valence electrons. The number of unbranched alkanes of at least 4 members (excludes halogenated alkanes) is 36. The van der Waals surface area contributed by atoms with Crippen LogP contribution in [-0.4, -0.2) is 96.7 Å². The molecule has 0 amide bonds. The maximum absolute atomic E-state index is 13.1. The molecule has 94 heavy (non-hydrogen) atoms. The first-order valence-electron chi connectivity index (χ1n) is 38.2. The lowest BCUT2D eigenvalue weighted by atomic mass is 10.0. The smallest absolute Gasteiger partial charge is 0.462 e. The average molecular weight is 1380 g/mol. The van der Waals surface area contributed by atoms with Gasteiger partial charge in [0.2, 0.25) is 0 Å². The first kappa shape index (κ1) is 91.5. The van der Waals surface area contributed by atoms with Crippen LogP contribution in [0.2, 0.25) is 0 Å². The minimum absolute atomic E-state index is 0.0839. The molecule has 0 aliphatic rings. The Hall–Kier alpha value is -2.46. The second-order valence-electron chi connectivity index (χ2n) is 27.8. The monoisotopic (exact) mass is 1380 g/mol. The zero-order valence-corrected chi connectivity index (χ0v) is 62.7. The SMILES string of the molecule is CCCCCC/C=C\C=C/CCCCCCCC(=O)O[C@H](COC(=O)CCCCCCCCCC(C)C)COP(=O)(O)OCC(O)COP(=O)(O)OC[C@@H](COC(=O)CCCCCCCCCCCCCC(C)C)OC(=O)CCCCCCCCCCCCCCC(C)C. The highest BCUT2D eigenvalue weighted by Crippen LogP contribution is 2.45. The summed E-state index contributed by atoms with van der Waals surface area (Å²) in [7, 11) is -9.92. The van der Waals surface area contributed by atoms with Crippen molar-refractivity contribution in [2.24, 2.45) is 17.8 Å². The predicted molar refractivity (Wildman–Crippen MR) is 381 cm³/mol. The molecule has 0 fully saturated rings. The zero-order chi connectivity index (χ0) is 69.4. The number of allylic oxidation sites excluding steroid dienone is 4. The van der Waals surface area contributed by atoms with E-state index in [1.165, 1.54) is 148 Å². The quantitative estimate of drug-likeness (QED) is 0.0169. The standard InChI is InChI=1S/C75H142O17P2/c1-8-9-10-11-12-13-14-15-16-17-23-29-36-44-51-58-74(79)92-71(63-86-73(78)57-50-43-38-31-34-41-48-55-68(6)7)65-90-94(83,84)88-61-69(76)60-87-93(81,82)89-64-70(62-85-72(77)56-49-42-35-28-25-20-22-27-33-40-47-54-67(4)5)91-75(80)59-52-45-37-30-24-19-18-21-26-32-39-46-53-66(2)3/h13-16,66-71,76H,8-12,17-65H2,1-7H3,(H,81,82)(H,83,84)/b14-13-,16-15-/t69?,70-,71-/m1/s1. The van der Waals surface area contributed by atoms with Gasteiger partial charge in [-0.1, -0.05) is 304 Å². The van der Waals surface area contributed by atoms with E-state index in [-0.39, 0.29) is 25.7 Å². The van der Waals surface area contributed by atoms with Gasteiger partial charge in [0.1, 0.15) is 19.3 Å². The van der Waals surface area contributed by atoms with Gasteiger partial charge in [0.25, 0.3) is 0 Å². The maximum atomic E-state index is 13.1. The number of rotatable bonds is 71. The fourth-order valence-corrected chi connectivity index (χ4v) is 12.5. The van der Waals surface area contributed by atoms with Gasteiger partial charge in [-0.3, -0.25) is 37.3 Å². The molecule has 0 radical (unpaired) electrons. The van der Waals surface area contributed by atoms with E-state index in [1.807, 2.05) is 0 Å². The third-order valence-corrected chi connectivity index (χ3v) is 18.7. The van der Waals surface area contributed by atoms with Crippen LogP contribution in [-0.2, 0) is 65.4 Å². The third-order valence-electron chi connectivity index (χ3n) is 16.8. The highest BCUT2D eigenvalue weighted by atomic mass is 31.2. The molecule has 0 aliphatic heterocycles. The molecule has 0 aromatic heterocycles. The summed E-state index contributed by atoms with van der Waals surface area (Å²) in [6.07, 6.45) is 53.5. The lowest BCUT2D eigenvalue weighted by molar-refractivity contribution is -0.161. The first-order chi connectivity index (χ1) is 45.2. The molecule has 0 rings (SSSR count). The zero-order valence-electron chi connectivity index (χ0n) is 60.9. The van der Waals surface area contributed by atoms with Crippen LogP contribution in [0.1, 0.15) is 357 Å². The van der Waals surface area contributed by atoms with Crippen LogP contribution >= 0.6 is 15.6 Å². The second-order valence-corrected chi connectivity index (χ2v) is 30.7. The molecule has 5 atom stereocenters. The van der Waals surface area contributed by atoms with Crippen LogP contribution in [0.4, 0.5) is 0 Å². The van der Waals surface area contributed by atoms with Crippen LogP contribution in [0.25, 0.3) is 0 Å². The van der Waals surface area contributed by atoms with E-state index >= 15 is 0 Å². The van der Waals surface area contributed by atoms with Crippen molar-refractivity contribution in [1.29, 1.82) is 0 Å². The Bertz CT molecular complexity index is 1930. The van der Waals surface area contributed by atoms with Crippen molar-refractivity contribution in [3.63, 3.8) is 0 Å². The Morgan fingerprint density at radius 2 is 0.574 bits per heavy atom. The minimum Gasteiger partial charge on any atom is -0.462 e. The van der Waals surface area contributed by atoms with Gasteiger partial charge in [0.05, 0.1) is 26.4 Å². The number of phosphoric ester groups is 2. The Balaban J connectivity index is 5.29. The van der Waals surface area contributed by atoms with Gasteiger partial charge < -0.3 is 33.8 Å². The summed E-state index contributed by atoms with van der Waals surface area (Å²) in [5.74, 6) is 0.0962. The molecule has 0 aromatic rings. The molecule has 0 aliphatic carbocycles. The number of esters is 4. The summed E-state index contributed by atoms with van der Waals surface area (Å²) in [6.45, 7) is 11.8. The molecule has 0 bridgehead atoms. The van der Waals surface area contributed by atoms with Crippen molar-refractivity contribution < 1.29 is 80.2 Å². The van der Waals surface area contributed by atoms with E-state index < -0.39 is 97.5 Å². The second kappa shape index (κ2) is 65.2. The Labute approximate surface area is 573 Å². The van der Waals surface area contributed by atoms with Gasteiger partial charge in [-0.2, -0.15) is 0 Å². The molecule has 0 spiro atoms. The first-order valence-corrected chi connectivity index (χ1v) is 41.2. The lowest BCUT2D eigenvalue weighted by Crippen LogP contribution is -2.30. The average Bonchev–Trinajstić information content (AvgIpc) is 2.01. The van der Waals surface area contributed by atoms with E-state index in [2.05, 4.69) is 72.8 Å². The summed E-state index contributed by atoms with van der Waals surface area (Å²) in [6, 6.07) is 0. The molecule has 3 unspecified atom stereocenters. The van der Waals surface area contributed by atoms with E-state index in [9.17, 15) is 43.2 Å². The molecule has 3 N–H and O–H groups in total. The predicted octanol–water partition coefficient (Wildman–Crippen LogP) is 21.3. The third kappa shape index (κ3) is 68.1. The van der Waals surface area contributed by atoms with Crippen molar-refractivity contribution in [1.82, 2.24) is 0 Å². The summed E-state index contributed by atoms with van der Waals surface area (Å²) >= 11 is 0. The molecule has 0 saturated carbocycles. The van der Waals surface area contributed by atoms with Gasteiger partial charge in [0, 0.05) is 25.7 Å².